The molecule has 0 atom stereocenters. The van der Waals surface area contributed by atoms with Crippen LogP contribution >= 0.6 is 0 Å². The van der Waals surface area contributed by atoms with Gasteiger partial charge in [0.05, 0.1) is 19.6 Å². The van der Waals surface area contributed by atoms with E-state index in [0.717, 1.165) is 5.56 Å². The number of nitrogen functional groups attached to an aromatic ring is 1. The first-order valence-corrected chi connectivity index (χ1v) is 6.65. The molecule has 0 aliphatic heterocycles. The first-order chi connectivity index (χ1) is 10.2. The maximum Gasteiger partial charge on any atom is 0.227 e. The highest BCUT2D eigenvalue weighted by Gasteiger charge is 2.03. The molecule has 4 N–H and O–H groups in total. The van der Waals surface area contributed by atoms with Gasteiger partial charge in [0.25, 0.3) is 0 Å². The van der Waals surface area contributed by atoms with Crippen LogP contribution in [-0.4, -0.2) is 17.6 Å². The number of nitrogens with one attached hydrogen (secondary N) is 1. The number of rotatable bonds is 6. The van der Waals surface area contributed by atoms with E-state index in [-0.39, 0.29) is 25.5 Å². The molecule has 21 heavy (non-hydrogen) atoms. The van der Waals surface area contributed by atoms with Crippen molar-refractivity contribution < 1.29 is 14.6 Å². The molecule has 1 amide bonds. The number of aliphatic hydroxyl groups excluding tert-OH is 1. The molecule has 0 bridgehead atoms. The molecule has 5 heteroatoms. The molecule has 110 valence electrons. The van der Waals surface area contributed by atoms with E-state index >= 15 is 0 Å². The summed E-state index contributed by atoms with van der Waals surface area (Å²) in [6.07, 6.45) is 0.247. The van der Waals surface area contributed by atoms with Gasteiger partial charge in [0.1, 0.15) is 5.75 Å². The van der Waals surface area contributed by atoms with Crippen molar-refractivity contribution in [3.05, 3.63) is 54.1 Å². The first-order valence-electron chi connectivity index (χ1n) is 6.65. The van der Waals surface area contributed by atoms with Crippen LogP contribution in [0.1, 0.15) is 12.0 Å². The molecule has 0 heterocycles. The Kier molecular flexibility index (Phi) is 5.17. The number of carbonyl (C=O) groups is 1. The Morgan fingerprint density at radius 1 is 1.19 bits per heavy atom. The molecule has 0 unspecified atom stereocenters. The van der Waals surface area contributed by atoms with Crippen molar-refractivity contribution in [3.63, 3.8) is 0 Å². The van der Waals surface area contributed by atoms with Gasteiger partial charge in [-0.05, 0) is 35.9 Å². The van der Waals surface area contributed by atoms with E-state index < -0.39 is 0 Å². The summed E-state index contributed by atoms with van der Waals surface area (Å²) in [5.41, 5.74) is 7.74. The Balaban J connectivity index is 1.76. The average Bonchev–Trinajstić information content (AvgIpc) is 2.48. The molecule has 2 rings (SSSR count). The second-order valence-corrected chi connectivity index (χ2v) is 4.57. The van der Waals surface area contributed by atoms with Crippen LogP contribution in [0, 0.1) is 0 Å². The second-order valence-electron chi connectivity index (χ2n) is 4.57. The minimum atomic E-state index is -0.132. The number of anilines is 2. The summed E-state index contributed by atoms with van der Waals surface area (Å²) in [6.45, 7) is 0.287. The maximum absolute atomic E-state index is 11.7. The maximum atomic E-state index is 11.7. The number of aliphatic hydroxyl groups is 1. The topological polar surface area (TPSA) is 84.6 Å². The summed E-state index contributed by atoms with van der Waals surface area (Å²) in [5, 5.41) is 11.7. The zero-order valence-electron chi connectivity index (χ0n) is 11.6. The summed E-state index contributed by atoms with van der Waals surface area (Å²) >= 11 is 0. The molecule has 0 aromatic heterocycles. The summed E-state index contributed by atoms with van der Waals surface area (Å²) in [6, 6.07) is 14.1. The van der Waals surface area contributed by atoms with E-state index in [9.17, 15) is 4.79 Å². The lowest BCUT2D eigenvalue weighted by molar-refractivity contribution is -0.116. The molecule has 0 spiro atoms. The predicted octanol–water partition coefficient (Wildman–Crippen LogP) is 2.17. The second kappa shape index (κ2) is 7.31. The highest BCUT2D eigenvalue weighted by atomic mass is 16.5. The molecular formula is C16H18N2O3. The quantitative estimate of drug-likeness (QED) is 0.710. The van der Waals surface area contributed by atoms with Gasteiger partial charge in [-0.15, -0.1) is 0 Å². The van der Waals surface area contributed by atoms with Gasteiger partial charge >= 0.3 is 0 Å². The fourth-order valence-electron chi connectivity index (χ4n) is 1.79. The van der Waals surface area contributed by atoms with Crippen LogP contribution in [0.5, 0.6) is 5.75 Å². The van der Waals surface area contributed by atoms with Crippen molar-refractivity contribution in [2.75, 3.05) is 17.7 Å². The van der Waals surface area contributed by atoms with Crippen LogP contribution in [0.2, 0.25) is 0 Å². The summed E-state index contributed by atoms with van der Waals surface area (Å²) in [7, 11) is 0. The van der Waals surface area contributed by atoms with Crippen molar-refractivity contribution in [2.24, 2.45) is 0 Å². The number of nitrogens with two attached hydrogens (primary N) is 1. The third-order valence-corrected chi connectivity index (χ3v) is 2.87. The summed E-state index contributed by atoms with van der Waals surface area (Å²) in [5.74, 6) is 0.538. The van der Waals surface area contributed by atoms with E-state index in [4.69, 9.17) is 15.6 Å². The Hall–Kier alpha value is -2.53. The van der Waals surface area contributed by atoms with Crippen molar-refractivity contribution in [1.82, 2.24) is 0 Å². The average molecular weight is 286 g/mol. The Bertz CT molecular complexity index is 597. The number of amides is 1. The van der Waals surface area contributed by atoms with Crippen LogP contribution in [-0.2, 0) is 11.4 Å². The highest BCUT2D eigenvalue weighted by Crippen LogP contribution is 2.14. The SMILES string of the molecule is Nc1cccc(NC(=O)CCOc2ccc(CO)cc2)c1. The molecule has 2 aromatic rings. The summed E-state index contributed by atoms with van der Waals surface area (Å²) in [4.78, 5) is 11.7. The molecule has 0 aliphatic carbocycles. The van der Waals surface area contributed by atoms with Gasteiger partial charge in [-0.2, -0.15) is 0 Å². The van der Waals surface area contributed by atoms with Gasteiger partial charge < -0.3 is 20.9 Å². The standard InChI is InChI=1S/C16H18N2O3/c17-13-2-1-3-14(10-13)18-16(20)8-9-21-15-6-4-12(11-19)5-7-15/h1-7,10,19H,8-9,11,17H2,(H,18,20). The Morgan fingerprint density at radius 2 is 1.95 bits per heavy atom. The molecule has 0 aliphatic rings. The monoisotopic (exact) mass is 286 g/mol. The van der Waals surface area contributed by atoms with Crippen molar-refractivity contribution in [3.8, 4) is 5.75 Å². The van der Waals surface area contributed by atoms with Crippen molar-refractivity contribution >= 4 is 17.3 Å². The molecule has 0 saturated heterocycles. The zero-order valence-corrected chi connectivity index (χ0v) is 11.6. The van der Waals surface area contributed by atoms with Crippen LogP contribution in [0.4, 0.5) is 11.4 Å². The lowest BCUT2D eigenvalue weighted by Crippen LogP contribution is -2.15. The number of hydrogen-bond acceptors (Lipinski definition) is 4. The normalized spacial score (nSPS) is 10.1. The van der Waals surface area contributed by atoms with E-state index in [0.29, 0.717) is 17.1 Å². The third-order valence-electron chi connectivity index (χ3n) is 2.87. The number of ether oxygens (including phenoxy) is 1. The molecule has 5 nitrogen and oxygen atoms in total. The van der Waals surface area contributed by atoms with E-state index in [1.54, 1.807) is 48.5 Å². The van der Waals surface area contributed by atoms with Gasteiger partial charge in [-0.3, -0.25) is 4.79 Å². The zero-order chi connectivity index (χ0) is 15.1. The predicted molar refractivity (Wildman–Crippen MR) is 82.0 cm³/mol. The molecular weight excluding hydrogens is 268 g/mol. The minimum absolute atomic E-state index is 0.00287. The molecule has 0 saturated carbocycles. The van der Waals surface area contributed by atoms with Gasteiger partial charge in [0, 0.05) is 11.4 Å². The summed E-state index contributed by atoms with van der Waals surface area (Å²) < 4.78 is 5.47. The van der Waals surface area contributed by atoms with Crippen LogP contribution < -0.4 is 15.8 Å². The van der Waals surface area contributed by atoms with Crippen LogP contribution in [0.25, 0.3) is 0 Å². The fraction of sp³-hybridized carbons (Fsp3) is 0.188. The fourth-order valence-corrected chi connectivity index (χ4v) is 1.79. The van der Waals surface area contributed by atoms with Gasteiger partial charge in [0.2, 0.25) is 5.91 Å². The van der Waals surface area contributed by atoms with Gasteiger partial charge in [0.15, 0.2) is 0 Å². The lowest BCUT2D eigenvalue weighted by atomic mass is 10.2. The Morgan fingerprint density at radius 3 is 2.62 bits per heavy atom. The van der Waals surface area contributed by atoms with E-state index in [1.807, 2.05) is 0 Å². The first kappa shape index (κ1) is 14.9. The van der Waals surface area contributed by atoms with Gasteiger partial charge in [-0.25, -0.2) is 0 Å². The number of benzene rings is 2. The molecule has 2 aromatic carbocycles. The molecule has 0 radical (unpaired) electrons. The number of carbonyl (C=O) groups excluding carboxylic acids is 1. The van der Waals surface area contributed by atoms with Crippen LogP contribution in [0.15, 0.2) is 48.5 Å². The van der Waals surface area contributed by atoms with E-state index in [1.165, 1.54) is 0 Å². The highest BCUT2D eigenvalue weighted by molar-refractivity contribution is 5.91. The minimum Gasteiger partial charge on any atom is -0.493 e. The lowest BCUT2D eigenvalue weighted by Gasteiger charge is -2.08. The van der Waals surface area contributed by atoms with Gasteiger partial charge in [-0.1, -0.05) is 18.2 Å². The number of hydrogen-bond donors (Lipinski definition) is 3. The smallest absolute Gasteiger partial charge is 0.227 e. The third kappa shape index (κ3) is 4.81. The molecule has 0 fully saturated rings. The largest absolute Gasteiger partial charge is 0.493 e. The Labute approximate surface area is 123 Å². The van der Waals surface area contributed by atoms with Crippen molar-refractivity contribution in [2.45, 2.75) is 13.0 Å². The van der Waals surface area contributed by atoms with Crippen molar-refractivity contribution in [1.29, 1.82) is 0 Å². The van der Waals surface area contributed by atoms with Crippen LogP contribution in [0.3, 0.4) is 0 Å². The van der Waals surface area contributed by atoms with E-state index in [2.05, 4.69) is 5.32 Å².